The molecule has 1 atom stereocenters. The van der Waals surface area contributed by atoms with Gasteiger partial charge in [-0.15, -0.1) is 11.3 Å². The van der Waals surface area contributed by atoms with Crippen LogP contribution in [-0.2, 0) is 9.47 Å². The number of rotatable bonds is 2. The number of hydrogen-bond donors (Lipinski definition) is 0. The van der Waals surface area contributed by atoms with Crippen LogP contribution in [0.5, 0.6) is 0 Å². The van der Waals surface area contributed by atoms with Gasteiger partial charge in [0.05, 0.1) is 12.1 Å². The molecular weight excluding hydrogens is 316 g/mol. The van der Waals surface area contributed by atoms with E-state index in [1.54, 1.807) is 11.0 Å². The van der Waals surface area contributed by atoms with Gasteiger partial charge in [-0.3, -0.25) is 0 Å². The van der Waals surface area contributed by atoms with Crippen LogP contribution in [0.15, 0.2) is 12.1 Å². The normalized spacial score (nSPS) is 18.7. The topological polar surface area (TPSA) is 59.1 Å². The monoisotopic (exact) mass is 340 g/mol. The van der Waals surface area contributed by atoms with Gasteiger partial charge in [-0.05, 0) is 39.8 Å². The van der Waals surface area contributed by atoms with Gasteiger partial charge in [0.15, 0.2) is 0 Å². The van der Waals surface area contributed by atoms with Crippen molar-refractivity contribution in [1.29, 1.82) is 0 Å². The second-order valence-corrected chi connectivity index (χ2v) is 7.66. The highest BCUT2D eigenvalue weighted by molar-refractivity contribution is 7.17. The molecule has 6 nitrogen and oxygen atoms in total. The molecule has 128 valence electrons. The molecule has 0 radical (unpaired) electrons. The molecular formula is C16H24N2O4S. The number of anilines is 1. The van der Waals surface area contributed by atoms with Crippen molar-refractivity contribution in [2.45, 2.75) is 39.3 Å². The van der Waals surface area contributed by atoms with Gasteiger partial charge in [0.1, 0.15) is 10.5 Å². The largest absolute Gasteiger partial charge is 0.465 e. The summed E-state index contributed by atoms with van der Waals surface area (Å²) in [6.45, 7) is 9.63. The Morgan fingerprint density at radius 3 is 2.52 bits per heavy atom. The van der Waals surface area contributed by atoms with E-state index in [4.69, 9.17) is 9.47 Å². The number of carbonyl (C=O) groups excluding carboxylic acids is 2. The molecule has 0 spiro atoms. The van der Waals surface area contributed by atoms with Crippen molar-refractivity contribution in [2.75, 3.05) is 31.6 Å². The molecule has 23 heavy (non-hydrogen) atoms. The highest BCUT2D eigenvalue weighted by Crippen LogP contribution is 2.29. The summed E-state index contributed by atoms with van der Waals surface area (Å²) in [4.78, 5) is 28.3. The van der Waals surface area contributed by atoms with Crippen molar-refractivity contribution < 1.29 is 19.1 Å². The first-order valence-corrected chi connectivity index (χ1v) is 8.45. The van der Waals surface area contributed by atoms with Crippen LogP contribution in [0.2, 0.25) is 0 Å². The third kappa shape index (κ3) is 4.37. The fourth-order valence-corrected chi connectivity index (χ4v) is 3.42. The molecule has 0 N–H and O–H groups in total. The number of piperazine rings is 1. The summed E-state index contributed by atoms with van der Waals surface area (Å²) < 4.78 is 10.2. The summed E-state index contributed by atoms with van der Waals surface area (Å²) in [6, 6.07) is 3.74. The molecule has 0 aliphatic carbocycles. The van der Waals surface area contributed by atoms with E-state index in [0.29, 0.717) is 24.5 Å². The van der Waals surface area contributed by atoms with Crippen LogP contribution in [0.25, 0.3) is 0 Å². The highest BCUT2D eigenvalue weighted by Gasteiger charge is 2.31. The predicted molar refractivity (Wildman–Crippen MR) is 90.3 cm³/mol. The third-order valence-corrected chi connectivity index (χ3v) is 4.67. The van der Waals surface area contributed by atoms with Gasteiger partial charge in [0.25, 0.3) is 0 Å². The average molecular weight is 340 g/mol. The van der Waals surface area contributed by atoms with E-state index in [-0.39, 0.29) is 18.1 Å². The van der Waals surface area contributed by atoms with Gasteiger partial charge < -0.3 is 19.3 Å². The first-order valence-electron chi connectivity index (χ1n) is 7.64. The zero-order valence-electron chi connectivity index (χ0n) is 14.3. The van der Waals surface area contributed by atoms with Gasteiger partial charge in [-0.25, -0.2) is 9.59 Å². The van der Waals surface area contributed by atoms with E-state index >= 15 is 0 Å². The van der Waals surface area contributed by atoms with E-state index in [0.717, 1.165) is 5.00 Å². The maximum Gasteiger partial charge on any atom is 0.410 e. The van der Waals surface area contributed by atoms with Crippen molar-refractivity contribution >= 4 is 28.4 Å². The average Bonchev–Trinajstić information content (AvgIpc) is 2.94. The number of carbonyl (C=O) groups is 2. The molecule has 1 unspecified atom stereocenters. The second-order valence-electron chi connectivity index (χ2n) is 6.60. The number of hydrogen-bond acceptors (Lipinski definition) is 6. The minimum Gasteiger partial charge on any atom is -0.465 e. The zero-order valence-corrected chi connectivity index (χ0v) is 15.1. The fourth-order valence-electron chi connectivity index (χ4n) is 2.46. The van der Waals surface area contributed by atoms with Crippen LogP contribution in [-0.4, -0.2) is 55.3 Å². The smallest absolute Gasteiger partial charge is 0.410 e. The first kappa shape index (κ1) is 17.6. The quantitative estimate of drug-likeness (QED) is 0.775. The maximum absolute atomic E-state index is 12.2. The van der Waals surface area contributed by atoms with Crippen LogP contribution in [0.1, 0.15) is 37.4 Å². The predicted octanol–water partition coefficient (Wildman–Crippen LogP) is 2.98. The van der Waals surface area contributed by atoms with Crippen LogP contribution >= 0.6 is 11.3 Å². The molecule has 1 aromatic rings. The third-order valence-electron chi connectivity index (χ3n) is 3.55. The van der Waals surface area contributed by atoms with Crippen molar-refractivity contribution in [3.63, 3.8) is 0 Å². The molecule has 0 aromatic carbocycles. The molecule has 1 amide bonds. The number of methoxy groups -OCH3 is 1. The van der Waals surface area contributed by atoms with Gasteiger partial charge in [-0.2, -0.15) is 0 Å². The summed E-state index contributed by atoms with van der Waals surface area (Å²) >= 11 is 1.41. The molecule has 1 fully saturated rings. The molecule has 0 bridgehead atoms. The number of nitrogens with zero attached hydrogens (tertiary/aromatic N) is 2. The lowest BCUT2D eigenvalue weighted by molar-refractivity contribution is 0.0159. The molecule has 1 aliphatic rings. The van der Waals surface area contributed by atoms with E-state index in [9.17, 15) is 9.59 Å². The zero-order chi connectivity index (χ0) is 17.2. The lowest BCUT2D eigenvalue weighted by atomic mass is 10.2. The Balaban J connectivity index is 1.99. The lowest BCUT2D eigenvalue weighted by Gasteiger charge is -2.40. The van der Waals surface area contributed by atoms with E-state index in [1.165, 1.54) is 18.4 Å². The molecule has 7 heteroatoms. The Morgan fingerprint density at radius 1 is 1.26 bits per heavy atom. The van der Waals surface area contributed by atoms with Crippen LogP contribution < -0.4 is 4.90 Å². The van der Waals surface area contributed by atoms with Crippen molar-refractivity contribution in [2.24, 2.45) is 0 Å². The minimum atomic E-state index is -0.489. The Kier molecular flexibility index (Phi) is 5.19. The van der Waals surface area contributed by atoms with Gasteiger partial charge in [0.2, 0.25) is 0 Å². The molecule has 1 aromatic heterocycles. The molecule has 2 rings (SSSR count). The Bertz CT molecular complexity index is 579. The van der Waals surface area contributed by atoms with Gasteiger partial charge in [0, 0.05) is 25.7 Å². The number of thiophene rings is 1. The Hall–Kier alpha value is -1.76. The van der Waals surface area contributed by atoms with Gasteiger partial charge >= 0.3 is 12.1 Å². The Morgan fingerprint density at radius 2 is 1.96 bits per heavy atom. The molecule has 2 heterocycles. The van der Waals surface area contributed by atoms with Crippen LogP contribution in [0.3, 0.4) is 0 Å². The summed E-state index contributed by atoms with van der Waals surface area (Å²) in [6.07, 6.45) is -0.272. The van der Waals surface area contributed by atoms with E-state index in [2.05, 4.69) is 4.90 Å². The summed E-state index contributed by atoms with van der Waals surface area (Å²) in [7, 11) is 1.38. The van der Waals surface area contributed by atoms with Crippen molar-refractivity contribution in [1.82, 2.24) is 4.90 Å². The lowest BCUT2D eigenvalue weighted by Crippen LogP contribution is -2.55. The highest BCUT2D eigenvalue weighted by atomic mass is 32.1. The van der Waals surface area contributed by atoms with E-state index < -0.39 is 5.60 Å². The number of esters is 1. The number of amides is 1. The Labute approximate surface area is 141 Å². The summed E-state index contributed by atoms with van der Waals surface area (Å²) in [5.74, 6) is -0.318. The second kappa shape index (κ2) is 6.78. The van der Waals surface area contributed by atoms with Crippen molar-refractivity contribution in [3.05, 3.63) is 17.0 Å². The minimum absolute atomic E-state index is 0.0438. The number of ether oxygens (including phenoxy) is 2. The van der Waals surface area contributed by atoms with E-state index in [1.807, 2.05) is 33.8 Å². The summed E-state index contributed by atoms with van der Waals surface area (Å²) in [5.41, 5.74) is -0.489. The molecule has 1 saturated heterocycles. The maximum atomic E-state index is 12.2. The molecule has 0 saturated carbocycles. The first-order chi connectivity index (χ1) is 10.7. The fraction of sp³-hybridized carbons (Fsp3) is 0.625. The van der Waals surface area contributed by atoms with Crippen LogP contribution in [0.4, 0.5) is 9.80 Å². The standard InChI is InChI=1S/C16H24N2O4S/c1-11-10-17(13-7-6-12(23-13)14(19)21-5)8-9-18(11)15(20)22-16(2,3)4/h6-7,11H,8-10H2,1-5H3. The van der Waals surface area contributed by atoms with Crippen LogP contribution in [0, 0.1) is 0 Å². The molecule has 1 aliphatic heterocycles. The summed E-state index contributed by atoms with van der Waals surface area (Å²) in [5, 5.41) is 1.01. The SMILES string of the molecule is COC(=O)c1ccc(N2CCN(C(=O)OC(C)(C)C)C(C)C2)s1. The van der Waals surface area contributed by atoms with Crippen molar-refractivity contribution in [3.8, 4) is 0 Å². The van der Waals surface area contributed by atoms with Gasteiger partial charge in [-0.1, -0.05) is 0 Å².